The number of hydrogen-bond acceptors (Lipinski definition) is 4. The molecule has 3 aromatic rings. The predicted octanol–water partition coefficient (Wildman–Crippen LogP) is 8.22. The number of benzene rings is 3. The van der Waals surface area contributed by atoms with Gasteiger partial charge in [-0.05, 0) is 66.1 Å². The summed E-state index contributed by atoms with van der Waals surface area (Å²) in [5.74, 6) is 1.89. The summed E-state index contributed by atoms with van der Waals surface area (Å²) in [7, 11) is 0. The number of carbonyl (C=O) groups is 1. The first kappa shape index (κ1) is 28.1. The third kappa shape index (κ3) is 8.56. The van der Waals surface area contributed by atoms with Crippen LogP contribution < -0.4 is 20.5 Å². The molecule has 1 atom stereocenters. The number of carbonyl (C=O) groups excluding carboxylic acids is 1. The fraction of sp³-hybridized carbons (Fsp3) is 0.406. The Morgan fingerprint density at radius 3 is 2.41 bits per heavy atom. The molecule has 0 aliphatic heterocycles. The van der Waals surface area contributed by atoms with Crippen molar-refractivity contribution in [2.24, 2.45) is 11.7 Å². The summed E-state index contributed by atoms with van der Waals surface area (Å²) >= 11 is 0. The van der Waals surface area contributed by atoms with Gasteiger partial charge in [-0.15, -0.1) is 0 Å². The van der Waals surface area contributed by atoms with Gasteiger partial charge >= 0.3 is 0 Å². The Labute approximate surface area is 222 Å². The molecule has 3 aromatic carbocycles. The Balaban J connectivity index is 1.71. The van der Waals surface area contributed by atoms with Gasteiger partial charge in [0.25, 0.3) is 5.91 Å². The highest BCUT2D eigenvalue weighted by molar-refractivity contribution is 5.96. The standard InChI is InChI=1S/C32H42N2O3/c1-5-11-24(6-2)14-10-19-36-31-20-26(15-17-28(31)32(33)35)34-30-18-16-27(21-29(30)23(3)4)37-22-25-12-8-7-9-13-25/h7-9,12-13,15-18,20-21,23-24,34H,5-6,10-11,14,19,22H2,1-4H3,(H2,33,35). The number of primary amides is 1. The van der Waals surface area contributed by atoms with Crippen LogP contribution in [-0.4, -0.2) is 12.5 Å². The van der Waals surface area contributed by atoms with E-state index in [1.807, 2.05) is 42.5 Å². The maximum absolute atomic E-state index is 12.0. The van der Waals surface area contributed by atoms with Gasteiger partial charge in [-0.1, -0.05) is 77.3 Å². The van der Waals surface area contributed by atoms with E-state index in [1.54, 1.807) is 6.07 Å². The molecule has 0 spiro atoms. The van der Waals surface area contributed by atoms with Crippen LogP contribution in [0.25, 0.3) is 0 Å². The quantitative estimate of drug-likeness (QED) is 0.205. The Morgan fingerprint density at radius 2 is 1.73 bits per heavy atom. The Hall–Kier alpha value is -3.47. The van der Waals surface area contributed by atoms with Crippen molar-refractivity contribution in [1.82, 2.24) is 0 Å². The van der Waals surface area contributed by atoms with Crippen molar-refractivity contribution in [3.63, 3.8) is 0 Å². The average molecular weight is 503 g/mol. The van der Waals surface area contributed by atoms with Crippen LogP contribution in [-0.2, 0) is 6.61 Å². The number of nitrogens with two attached hydrogens (primary N) is 1. The van der Waals surface area contributed by atoms with Gasteiger partial charge in [0.05, 0.1) is 12.2 Å². The Bertz CT molecular complexity index is 1130. The minimum atomic E-state index is -0.484. The zero-order valence-corrected chi connectivity index (χ0v) is 22.8. The molecule has 198 valence electrons. The maximum atomic E-state index is 12.0. The normalized spacial score (nSPS) is 11.8. The number of hydrogen-bond donors (Lipinski definition) is 2. The van der Waals surface area contributed by atoms with E-state index in [0.29, 0.717) is 24.5 Å². The van der Waals surface area contributed by atoms with Crippen LogP contribution in [0.1, 0.15) is 87.2 Å². The monoisotopic (exact) mass is 502 g/mol. The van der Waals surface area contributed by atoms with Crippen LogP contribution in [0.15, 0.2) is 66.7 Å². The van der Waals surface area contributed by atoms with E-state index in [2.05, 4.69) is 51.2 Å². The van der Waals surface area contributed by atoms with Gasteiger partial charge in [0.15, 0.2) is 0 Å². The largest absolute Gasteiger partial charge is 0.493 e. The summed E-state index contributed by atoms with van der Waals surface area (Å²) < 4.78 is 12.1. The first-order chi connectivity index (χ1) is 17.9. The zero-order chi connectivity index (χ0) is 26.6. The molecule has 0 aliphatic rings. The molecule has 1 unspecified atom stereocenters. The van der Waals surface area contributed by atoms with E-state index in [4.69, 9.17) is 15.2 Å². The third-order valence-electron chi connectivity index (χ3n) is 6.71. The molecule has 3 N–H and O–H groups in total. The van der Waals surface area contributed by atoms with E-state index < -0.39 is 5.91 Å². The lowest BCUT2D eigenvalue weighted by molar-refractivity contribution is 0.0996. The molecule has 0 saturated heterocycles. The van der Waals surface area contributed by atoms with Crippen molar-refractivity contribution >= 4 is 17.3 Å². The van der Waals surface area contributed by atoms with Gasteiger partial charge in [0.1, 0.15) is 18.1 Å². The molecule has 0 heterocycles. The number of rotatable bonds is 15. The Kier molecular flexibility index (Phi) is 10.9. The van der Waals surface area contributed by atoms with Gasteiger partial charge in [0, 0.05) is 17.4 Å². The molecule has 1 amide bonds. The SMILES string of the molecule is CCCC(CC)CCCOc1cc(Nc2ccc(OCc3ccccc3)cc2C(C)C)ccc1C(N)=O. The number of ether oxygens (including phenoxy) is 2. The van der Waals surface area contributed by atoms with E-state index in [9.17, 15) is 4.79 Å². The van der Waals surface area contributed by atoms with Crippen LogP contribution >= 0.6 is 0 Å². The second-order valence-corrected chi connectivity index (χ2v) is 9.93. The lowest BCUT2D eigenvalue weighted by atomic mass is 9.96. The molecule has 37 heavy (non-hydrogen) atoms. The molecule has 0 aromatic heterocycles. The van der Waals surface area contributed by atoms with Gasteiger partial charge in [0.2, 0.25) is 0 Å². The van der Waals surface area contributed by atoms with E-state index in [-0.39, 0.29) is 5.92 Å². The summed E-state index contributed by atoms with van der Waals surface area (Å²) in [5, 5.41) is 3.51. The predicted molar refractivity (Wildman–Crippen MR) is 153 cm³/mol. The molecule has 3 rings (SSSR count). The zero-order valence-electron chi connectivity index (χ0n) is 22.8. The first-order valence-corrected chi connectivity index (χ1v) is 13.6. The van der Waals surface area contributed by atoms with Gasteiger partial charge in [-0.2, -0.15) is 0 Å². The molecule has 0 aliphatic carbocycles. The number of amides is 1. The first-order valence-electron chi connectivity index (χ1n) is 13.6. The van der Waals surface area contributed by atoms with Crippen molar-refractivity contribution in [3.8, 4) is 11.5 Å². The summed E-state index contributed by atoms with van der Waals surface area (Å²) in [4.78, 5) is 12.0. The molecule has 0 saturated carbocycles. The average Bonchev–Trinajstić information content (AvgIpc) is 2.90. The van der Waals surface area contributed by atoms with Crippen molar-refractivity contribution in [2.45, 2.75) is 72.3 Å². The topological polar surface area (TPSA) is 73.6 Å². The van der Waals surface area contributed by atoms with Crippen LogP contribution in [0.4, 0.5) is 11.4 Å². The summed E-state index contributed by atoms with van der Waals surface area (Å²) in [6, 6.07) is 21.7. The summed E-state index contributed by atoms with van der Waals surface area (Å²) in [5.41, 5.74) is 10.1. The van der Waals surface area contributed by atoms with E-state index >= 15 is 0 Å². The second kappa shape index (κ2) is 14.3. The highest BCUT2D eigenvalue weighted by Crippen LogP contribution is 2.33. The highest BCUT2D eigenvalue weighted by Gasteiger charge is 2.14. The molecule has 0 radical (unpaired) electrons. The maximum Gasteiger partial charge on any atom is 0.252 e. The smallest absolute Gasteiger partial charge is 0.252 e. The lowest BCUT2D eigenvalue weighted by Crippen LogP contribution is -2.14. The van der Waals surface area contributed by atoms with Crippen LogP contribution in [0.5, 0.6) is 11.5 Å². The van der Waals surface area contributed by atoms with Gasteiger partial charge in [-0.25, -0.2) is 0 Å². The minimum absolute atomic E-state index is 0.290. The number of anilines is 2. The second-order valence-electron chi connectivity index (χ2n) is 9.93. The number of nitrogens with one attached hydrogen (secondary N) is 1. The van der Waals surface area contributed by atoms with Gasteiger partial charge < -0.3 is 20.5 Å². The van der Waals surface area contributed by atoms with Crippen LogP contribution in [0, 0.1) is 5.92 Å². The summed E-state index contributed by atoms with van der Waals surface area (Å²) in [6.45, 7) is 9.89. The molecule has 5 nitrogen and oxygen atoms in total. The fourth-order valence-corrected chi connectivity index (χ4v) is 4.56. The third-order valence-corrected chi connectivity index (χ3v) is 6.71. The molecule has 0 bridgehead atoms. The lowest BCUT2D eigenvalue weighted by Gasteiger charge is -2.18. The van der Waals surface area contributed by atoms with Crippen LogP contribution in [0.2, 0.25) is 0 Å². The van der Waals surface area contributed by atoms with E-state index in [0.717, 1.165) is 47.0 Å². The van der Waals surface area contributed by atoms with E-state index in [1.165, 1.54) is 19.3 Å². The van der Waals surface area contributed by atoms with Crippen LogP contribution in [0.3, 0.4) is 0 Å². The summed E-state index contributed by atoms with van der Waals surface area (Å²) in [6.07, 6.45) is 5.73. The fourth-order valence-electron chi connectivity index (χ4n) is 4.56. The molecule has 5 heteroatoms. The minimum Gasteiger partial charge on any atom is -0.493 e. The highest BCUT2D eigenvalue weighted by atomic mass is 16.5. The Morgan fingerprint density at radius 1 is 0.946 bits per heavy atom. The van der Waals surface area contributed by atoms with Crippen molar-refractivity contribution in [3.05, 3.63) is 83.4 Å². The van der Waals surface area contributed by atoms with Crippen molar-refractivity contribution in [1.29, 1.82) is 0 Å². The molecular formula is C32H42N2O3. The van der Waals surface area contributed by atoms with Crippen molar-refractivity contribution in [2.75, 3.05) is 11.9 Å². The molecule has 0 fully saturated rings. The molecular weight excluding hydrogens is 460 g/mol. The van der Waals surface area contributed by atoms with Crippen molar-refractivity contribution < 1.29 is 14.3 Å². The van der Waals surface area contributed by atoms with Gasteiger partial charge in [-0.3, -0.25) is 4.79 Å².